The van der Waals surface area contributed by atoms with Gasteiger partial charge in [-0.15, -0.1) is 0 Å². The fourth-order valence-electron chi connectivity index (χ4n) is 3.10. The number of ether oxygens (including phenoxy) is 1. The van der Waals surface area contributed by atoms with E-state index in [1.807, 2.05) is 26.8 Å². The molecular formula is C19H25ClN4O3. The van der Waals surface area contributed by atoms with Gasteiger partial charge in [-0.3, -0.25) is 4.98 Å². The molecule has 146 valence electrons. The summed E-state index contributed by atoms with van der Waals surface area (Å²) >= 11 is 6.05. The summed E-state index contributed by atoms with van der Waals surface area (Å²) in [7, 11) is 0. The van der Waals surface area contributed by atoms with E-state index in [-0.39, 0.29) is 18.7 Å². The zero-order valence-electron chi connectivity index (χ0n) is 15.8. The number of nitrogens with zero attached hydrogens (tertiary/aromatic N) is 3. The van der Waals surface area contributed by atoms with Crippen LogP contribution in [0.3, 0.4) is 0 Å². The van der Waals surface area contributed by atoms with Crippen LogP contribution in [0.1, 0.15) is 39.2 Å². The minimum atomic E-state index is -0.497. The Morgan fingerprint density at radius 2 is 2.07 bits per heavy atom. The number of piperidine rings is 1. The number of pyridine rings is 2. The minimum Gasteiger partial charge on any atom is -0.444 e. The molecule has 1 aliphatic heterocycles. The average molecular weight is 393 g/mol. The molecule has 0 saturated carbocycles. The first-order valence-electron chi connectivity index (χ1n) is 9.06. The van der Waals surface area contributed by atoms with E-state index in [1.165, 1.54) is 0 Å². The molecule has 27 heavy (non-hydrogen) atoms. The van der Waals surface area contributed by atoms with Crippen molar-refractivity contribution in [3.63, 3.8) is 0 Å². The number of aromatic nitrogens is 2. The highest BCUT2D eigenvalue weighted by molar-refractivity contribution is 6.29. The summed E-state index contributed by atoms with van der Waals surface area (Å²) in [5.41, 5.74) is 2.28. The van der Waals surface area contributed by atoms with Crippen molar-refractivity contribution in [2.45, 2.75) is 51.9 Å². The zero-order valence-corrected chi connectivity index (χ0v) is 16.6. The Kier molecular flexibility index (Phi) is 5.72. The van der Waals surface area contributed by atoms with Gasteiger partial charge in [-0.25, -0.2) is 9.78 Å². The molecule has 0 aliphatic carbocycles. The Bertz CT molecular complexity index is 830. The van der Waals surface area contributed by atoms with Crippen molar-refractivity contribution in [1.29, 1.82) is 0 Å². The predicted octanol–water partition coefficient (Wildman–Crippen LogP) is 3.59. The van der Waals surface area contributed by atoms with Crippen LogP contribution in [-0.2, 0) is 11.3 Å². The normalized spacial score (nSPS) is 15.8. The van der Waals surface area contributed by atoms with Gasteiger partial charge in [0.1, 0.15) is 16.3 Å². The fraction of sp³-hybridized carbons (Fsp3) is 0.526. The molecule has 0 aromatic carbocycles. The van der Waals surface area contributed by atoms with Gasteiger partial charge in [0, 0.05) is 30.9 Å². The number of aliphatic hydroxyl groups excluding tert-OH is 1. The summed E-state index contributed by atoms with van der Waals surface area (Å²) < 4.78 is 5.44. The lowest BCUT2D eigenvalue weighted by Crippen LogP contribution is -2.44. The maximum Gasteiger partial charge on any atom is 0.410 e. The van der Waals surface area contributed by atoms with Crippen molar-refractivity contribution in [2.24, 2.45) is 0 Å². The first-order valence-corrected chi connectivity index (χ1v) is 9.44. The molecule has 1 amide bonds. The second-order valence-corrected chi connectivity index (χ2v) is 8.09. The Morgan fingerprint density at radius 1 is 1.37 bits per heavy atom. The van der Waals surface area contributed by atoms with Crippen molar-refractivity contribution in [2.75, 3.05) is 18.4 Å². The SMILES string of the molecule is CC(C)(C)OC(=O)N1CCC(Nc2c(CO)cnc3ccc(Cl)nc23)CC1. The van der Waals surface area contributed by atoms with Gasteiger partial charge in [-0.05, 0) is 45.7 Å². The van der Waals surface area contributed by atoms with E-state index in [4.69, 9.17) is 16.3 Å². The molecule has 0 radical (unpaired) electrons. The zero-order chi connectivity index (χ0) is 19.6. The van der Waals surface area contributed by atoms with Crippen molar-refractivity contribution >= 4 is 34.4 Å². The summed E-state index contributed by atoms with van der Waals surface area (Å²) in [5.74, 6) is 0. The quantitative estimate of drug-likeness (QED) is 0.776. The third kappa shape index (κ3) is 4.78. The highest BCUT2D eigenvalue weighted by Crippen LogP contribution is 2.28. The first-order chi connectivity index (χ1) is 12.8. The van der Waals surface area contributed by atoms with Crippen LogP contribution in [-0.4, -0.2) is 50.8 Å². The highest BCUT2D eigenvalue weighted by atomic mass is 35.5. The molecule has 2 aromatic rings. The Labute approximate surface area is 163 Å². The predicted molar refractivity (Wildman–Crippen MR) is 105 cm³/mol. The number of hydrogen-bond donors (Lipinski definition) is 2. The summed E-state index contributed by atoms with van der Waals surface area (Å²) in [5, 5.41) is 13.5. The number of aliphatic hydroxyl groups is 1. The van der Waals surface area contributed by atoms with Gasteiger partial charge in [0.15, 0.2) is 0 Å². The molecule has 0 spiro atoms. The van der Waals surface area contributed by atoms with Crippen LogP contribution in [0.25, 0.3) is 11.0 Å². The smallest absolute Gasteiger partial charge is 0.410 e. The monoisotopic (exact) mass is 392 g/mol. The van der Waals surface area contributed by atoms with E-state index >= 15 is 0 Å². The number of amides is 1. The molecule has 1 aliphatic rings. The summed E-state index contributed by atoms with van der Waals surface area (Å²) in [4.78, 5) is 22.6. The number of carbonyl (C=O) groups excluding carboxylic acids is 1. The number of halogens is 1. The highest BCUT2D eigenvalue weighted by Gasteiger charge is 2.27. The molecule has 3 rings (SSSR count). The maximum absolute atomic E-state index is 12.2. The lowest BCUT2D eigenvalue weighted by molar-refractivity contribution is 0.0210. The molecule has 8 heteroatoms. The van der Waals surface area contributed by atoms with E-state index in [2.05, 4.69) is 15.3 Å². The summed E-state index contributed by atoms with van der Waals surface area (Å²) in [6, 6.07) is 3.65. The molecule has 0 unspecified atom stereocenters. The van der Waals surface area contributed by atoms with Gasteiger partial charge in [0.25, 0.3) is 0 Å². The molecule has 2 aromatic heterocycles. The van der Waals surface area contributed by atoms with Crippen LogP contribution < -0.4 is 5.32 Å². The van der Waals surface area contributed by atoms with Crippen LogP contribution >= 0.6 is 11.6 Å². The van der Waals surface area contributed by atoms with Gasteiger partial charge >= 0.3 is 6.09 Å². The van der Waals surface area contributed by atoms with E-state index in [1.54, 1.807) is 17.2 Å². The molecule has 1 fully saturated rings. The molecular weight excluding hydrogens is 368 g/mol. The Balaban J connectivity index is 1.72. The van der Waals surface area contributed by atoms with Crippen molar-refractivity contribution in [3.8, 4) is 0 Å². The van der Waals surface area contributed by atoms with Gasteiger partial charge in [-0.2, -0.15) is 0 Å². The largest absolute Gasteiger partial charge is 0.444 e. The van der Waals surface area contributed by atoms with E-state index in [9.17, 15) is 9.90 Å². The number of hydrogen-bond acceptors (Lipinski definition) is 6. The molecule has 2 N–H and O–H groups in total. The van der Waals surface area contributed by atoms with E-state index in [0.29, 0.717) is 34.8 Å². The molecule has 7 nitrogen and oxygen atoms in total. The number of nitrogens with one attached hydrogen (secondary N) is 1. The van der Waals surface area contributed by atoms with Gasteiger partial charge in [0.2, 0.25) is 0 Å². The van der Waals surface area contributed by atoms with Crippen LogP contribution in [0.4, 0.5) is 10.5 Å². The second kappa shape index (κ2) is 7.86. The van der Waals surface area contributed by atoms with Crippen LogP contribution in [0.5, 0.6) is 0 Å². The first kappa shape index (κ1) is 19.6. The van der Waals surface area contributed by atoms with Crippen molar-refractivity contribution < 1.29 is 14.6 Å². The second-order valence-electron chi connectivity index (χ2n) is 7.70. The maximum atomic E-state index is 12.2. The van der Waals surface area contributed by atoms with Gasteiger partial charge < -0.3 is 20.1 Å². The molecule has 0 atom stereocenters. The summed E-state index contributed by atoms with van der Waals surface area (Å²) in [6.07, 6.45) is 2.92. The number of carbonyl (C=O) groups is 1. The lowest BCUT2D eigenvalue weighted by Gasteiger charge is -2.34. The third-order valence-electron chi connectivity index (χ3n) is 4.42. The van der Waals surface area contributed by atoms with E-state index in [0.717, 1.165) is 18.5 Å². The lowest BCUT2D eigenvalue weighted by atomic mass is 10.0. The number of rotatable bonds is 3. The standard InChI is InChI=1S/C19H25ClN4O3/c1-19(2,3)27-18(26)24-8-6-13(7-9-24)22-16-12(11-25)10-21-14-4-5-15(20)23-17(14)16/h4-5,10,13,25H,6-9,11H2,1-3H3,(H,21,22). The minimum absolute atomic E-state index is 0.143. The molecule has 3 heterocycles. The topological polar surface area (TPSA) is 87.6 Å². The Morgan fingerprint density at radius 3 is 2.70 bits per heavy atom. The van der Waals surface area contributed by atoms with Crippen LogP contribution in [0.2, 0.25) is 5.15 Å². The number of likely N-dealkylation sites (tertiary alicyclic amines) is 1. The van der Waals surface area contributed by atoms with E-state index < -0.39 is 5.60 Å². The van der Waals surface area contributed by atoms with Gasteiger partial charge in [0.05, 0.1) is 17.8 Å². The van der Waals surface area contributed by atoms with Crippen LogP contribution in [0.15, 0.2) is 18.3 Å². The number of anilines is 1. The molecule has 1 saturated heterocycles. The Hall–Kier alpha value is -2.12. The van der Waals surface area contributed by atoms with Gasteiger partial charge in [-0.1, -0.05) is 11.6 Å². The van der Waals surface area contributed by atoms with Crippen molar-refractivity contribution in [1.82, 2.24) is 14.9 Å². The number of fused-ring (bicyclic) bond motifs is 1. The van der Waals surface area contributed by atoms with Crippen molar-refractivity contribution in [3.05, 3.63) is 29.0 Å². The molecule has 0 bridgehead atoms. The fourth-order valence-corrected chi connectivity index (χ4v) is 3.25. The average Bonchev–Trinajstić information content (AvgIpc) is 2.61. The third-order valence-corrected chi connectivity index (χ3v) is 4.63. The summed E-state index contributed by atoms with van der Waals surface area (Å²) in [6.45, 7) is 6.67. The van der Waals surface area contributed by atoms with Crippen LogP contribution in [0, 0.1) is 0 Å².